The first kappa shape index (κ1) is 20.3. The topological polar surface area (TPSA) is 52.8 Å². The lowest BCUT2D eigenvalue weighted by molar-refractivity contribution is 0.275. The van der Waals surface area contributed by atoms with Gasteiger partial charge < -0.3 is 4.74 Å². The van der Waals surface area contributed by atoms with E-state index >= 15 is 0 Å². The molecule has 0 N–H and O–H groups in total. The predicted molar refractivity (Wildman–Crippen MR) is 118 cm³/mol. The van der Waals surface area contributed by atoms with Crippen molar-refractivity contribution in [1.82, 2.24) is 19.7 Å². The summed E-state index contributed by atoms with van der Waals surface area (Å²) in [4.78, 5) is 4.72. The average molecular weight is 439 g/mol. The lowest BCUT2D eigenvalue weighted by atomic mass is 10.2. The van der Waals surface area contributed by atoms with Gasteiger partial charge in [0.05, 0.1) is 5.69 Å². The quantitative estimate of drug-likeness (QED) is 0.252. The molecule has 0 aliphatic rings. The van der Waals surface area contributed by atoms with E-state index in [0.717, 1.165) is 21.4 Å². The summed E-state index contributed by atoms with van der Waals surface area (Å²) in [5.41, 5.74) is 2.10. The number of ether oxygens (including phenoxy) is 1. The first-order valence-electron chi connectivity index (χ1n) is 9.27. The van der Waals surface area contributed by atoms with Crippen molar-refractivity contribution in [3.8, 4) is 16.3 Å². The van der Waals surface area contributed by atoms with Crippen LogP contribution in [0.3, 0.4) is 0 Å². The summed E-state index contributed by atoms with van der Waals surface area (Å²) in [5.74, 6) is 1.08. The highest BCUT2D eigenvalue weighted by molar-refractivity contribution is 7.98. The van der Waals surface area contributed by atoms with Gasteiger partial charge in [0.15, 0.2) is 22.5 Å². The Labute approximate surface area is 182 Å². The van der Waals surface area contributed by atoms with E-state index in [1.165, 1.54) is 6.07 Å². The number of rotatable bonds is 9. The van der Waals surface area contributed by atoms with Gasteiger partial charge in [-0.2, -0.15) is 0 Å². The molecule has 2 aromatic carbocycles. The second kappa shape index (κ2) is 9.69. The number of aromatic nitrogens is 4. The van der Waals surface area contributed by atoms with E-state index in [-0.39, 0.29) is 12.4 Å². The second-order valence-electron chi connectivity index (χ2n) is 6.32. The van der Waals surface area contributed by atoms with E-state index in [0.29, 0.717) is 18.1 Å². The Bertz CT molecular complexity index is 1130. The van der Waals surface area contributed by atoms with Gasteiger partial charge in [-0.1, -0.05) is 60.3 Å². The van der Waals surface area contributed by atoms with Gasteiger partial charge in [0, 0.05) is 23.2 Å². The van der Waals surface area contributed by atoms with E-state index in [1.807, 2.05) is 22.8 Å². The Hall–Kier alpha value is -2.97. The molecule has 0 amide bonds. The Morgan fingerprint density at radius 1 is 1.10 bits per heavy atom. The van der Waals surface area contributed by atoms with E-state index < -0.39 is 5.82 Å². The Morgan fingerprint density at radius 2 is 1.90 bits per heavy atom. The lowest BCUT2D eigenvalue weighted by Crippen LogP contribution is -2.08. The number of para-hydroxylation sites is 1. The molecule has 0 radical (unpaired) electrons. The third-order valence-electron chi connectivity index (χ3n) is 4.22. The molecule has 0 spiro atoms. The second-order valence-corrected chi connectivity index (χ2v) is 8.12. The third kappa shape index (κ3) is 4.77. The number of hydrogen-bond donors (Lipinski definition) is 0. The van der Waals surface area contributed by atoms with Gasteiger partial charge in [-0.15, -0.1) is 28.1 Å². The highest BCUT2D eigenvalue weighted by Crippen LogP contribution is 2.28. The number of thiazole rings is 1. The monoisotopic (exact) mass is 438 g/mol. The molecule has 5 nitrogen and oxygen atoms in total. The Balaban J connectivity index is 1.44. The molecule has 0 atom stereocenters. The van der Waals surface area contributed by atoms with Gasteiger partial charge in [-0.25, -0.2) is 9.37 Å². The average Bonchev–Trinajstić information content (AvgIpc) is 3.40. The van der Waals surface area contributed by atoms with Gasteiger partial charge in [0.25, 0.3) is 0 Å². The molecule has 152 valence electrons. The van der Waals surface area contributed by atoms with E-state index in [2.05, 4.69) is 34.3 Å². The molecule has 2 heterocycles. The molecular formula is C22H19FN4OS2. The van der Waals surface area contributed by atoms with Gasteiger partial charge in [-0.3, -0.25) is 4.57 Å². The number of nitrogens with zero attached hydrogens (tertiary/aromatic N) is 4. The Morgan fingerprint density at radius 3 is 2.70 bits per heavy atom. The molecule has 0 unspecified atom stereocenters. The van der Waals surface area contributed by atoms with E-state index in [1.54, 1.807) is 47.4 Å². The number of allylic oxidation sites excluding steroid dienone is 1. The minimum Gasteiger partial charge on any atom is -0.483 e. The maximum absolute atomic E-state index is 13.8. The lowest BCUT2D eigenvalue weighted by Gasteiger charge is -2.09. The molecule has 8 heteroatoms. The fourth-order valence-corrected chi connectivity index (χ4v) is 4.56. The van der Waals surface area contributed by atoms with Crippen molar-refractivity contribution in [2.75, 3.05) is 0 Å². The van der Waals surface area contributed by atoms with Crippen molar-refractivity contribution in [3.05, 3.63) is 90.0 Å². The minimum atomic E-state index is -0.403. The van der Waals surface area contributed by atoms with Gasteiger partial charge in [0.1, 0.15) is 11.6 Å². The Kier molecular flexibility index (Phi) is 6.56. The highest BCUT2D eigenvalue weighted by Gasteiger charge is 2.14. The molecular weight excluding hydrogens is 419 g/mol. The molecule has 4 rings (SSSR count). The van der Waals surface area contributed by atoms with Crippen LogP contribution in [-0.2, 0) is 18.9 Å². The van der Waals surface area contributed by atoms with E-state index in [9.17, 15) is 4.39 Å². The molecule has 0 fully saturated rings. The van der Waals surface area contributed by atoms with Gasteiger partial charge >= 0.3 is 0 Å². The predicted octanol–water partition coefficient (Wildman–Crippen LogP) is 5.60. The van der Waals surface area contributed by atoms with Crippen molar-refractivity contribution < 1.29 is 9.13 Å². The van der Waals surface area contributed by atoms with E-state index in [4.69, 9.17) is 9.72 Å². The molecule has 0 saturated carbocycles. The van der Waals surface area contributed by atoms with Crippen LogP contribution < -0.4 is 4.74 Å². The summed E-state index contributed by atoms with van der Waals surface area (Å²) in [7, 11) is 0. The number of benzene rings is 2. The zero-order valence-corrected chi connectivity index (χ0v) is 17.7. The van der Waals surface area contributed by atoms with Crippen LogP contribution in [0.1, 0.15) is 11.5 Å². The molecule has 0 aliphatic heterocycles. The van der Waals surface area contributed by atoms with Crippen LogP contribution in [0, 0.1) is 5.82 Å². The normalized spacial score (nSPS) is 10.8. The van der Waals surface area contributed by atoms with Crippen LogP contribution in [0.5, 0.6) is 5.75 Å². The summed E-state index contributed by atoms with van der Waals surface area (Å²) in [6, 6.07) is 16.4. The van der Waals surface area contributed by atoms with Gasteiger partial charge in [0.2, 0.25) is 0 Å². The maximum Gasteiger partial charge on any atom is 0.191 e. The first-order chi connectivity index (χ1) is 14.7. The first-order valence-corrected chi connectivity index (χ1v) is 11.1. The highest BCUT2D eigenvalue weighted by atomic mass is 32.2. The molecule has 0 aliphatic carbocycles. The van der Waals surface area contributed by atoms with Crippen LogP contribution in [0.2, 0.25) is 0 Å². The van der Waals surface area contributed by atoms with Crippen molar-refractivity contribution in [2.24, 2.45) is 0 Å². The van der Waals surface area contributed by atoms with Crippen molar-refractivity contribution in [2.45, 2.75) is 24.1 Å². The van der Waals surface area contributed by atoms with Crippen LogP contribution in [0.25, 0.3) is 10.6 Å². The van der Waals surface area contributed by atoms with Crippen LogP contribution in [0.4, 0.5) is 4.39 Å². The van der Waals surface area contributed by atoms with Crippen molar-refractivity contribution in [1.29, 1.82) is 0 Å². The van der Waals surface area contributed by atoms with Crippen LogP contribution >= 0.6 is 23.1 Å². The molecule has 4 aromatic rings. The van der Waals surface area contributed by atoms with Crippen LogP contribution in [-0.4, -0.2) is 19.7 Å². The molecule has 30 heavy (non-hydrogen) atoms. The zero-order chi connectivity index (χ0) is 20.8. The summed E-state index contributed by atoms with van der Waals surface area (Å²) in [5, 5.41) is 12.3. The smallest absolute Gasteiger partial charge is 0.191 e. The SMILES string of the molecule is C=CCn1c(COc2ccccc2F)nnc1SCc1csc(-c2ccccc2)n1. The standard InChI is InChI=1S/C22H19FN4OS2/c1-2-12-27-20(13-28-19-11-7-6-10-18(19)23)25-26-22(27)30-15-17-14-29-21(24-17)16-8-4-3-5-9-16/h2-11,14H,1,12-13,15H2. The minimum absolute atomic E-state index is 0.122. The number of hydrogen-bond acceptors (Lipinski definition) is 6. The zero-order valence-electron chi connectivity index (χ0n) is 16.1. The summed E-state index contributed by atoms with van der Waals surface area (Å²) >= 11 is 3.18. The number of halogens is 1. The van der Waals surface area contributed by atoms with Gasteiger partial charge in [-0.05, 0) is 12.1 Å². The summed E-state index contributed by atoms with van der Waals surface area (Å²) in [6.45, 7) is 4.47. The third-order valence-corrected chi connectivity index (χ3v) is 6.16. The summed E-state index contributed by atoms with van der Waals surface area (Å²) in [6.07, 6.45) is 1.77. The maximum atomic E-state index is 13.8. The van der Waals surface area contributed by atoms with Crippen molar-refractivity contribution >= 4 is 23.1 Å². The number of thioether (sulfide) groups is 1. The molecule has 0 saturated heterocycles. The molecule has 2 aromatic heterocycles. The fraction of sp³-hybridized carbons (Fsp3) is 0.136. The molecule has 0 bridgehead atoms. The van der Waals surface area contributed by atoms with Crippen molar-refractivity contribution in [3.63, 3.8) is 0 Å². The fourth-order valence-electron chi connectivity index (χ4n) is 2.77. The van der Waals surface area contributed by atoms with Crippen LogP contribution in [0.15, 0.2) is 77.8 Å². The largest absolute Gasteiger partial charge is 0.483 e. The summed E-state index contributed by atoms with van der Waals surface area (Å²) < 4.78 is 21.3.